The maximum Gasteiger partial charge on any atom is 0.236 e. The SMILES string of the molecule is O=C(NCc1cccnc1)[C@H]1Cc2ccccc2N2CCN(CC(=O)N3CCCC3)C[C@@H]12. The number of amides is 2. The van der Waals surface area contributed by atoms with Gasteiger partial charge in [-0.25, -0.2) is 0 Å². The molecule has 2 atom stereocenters. The van der Waals surface area contributed by atoms with Crippen LogP contribution in [0.25, 0.3) is 0 Å². The fourth-order valence-electron chi connectivity index (χ4n) is 5.34. The van der Waals surface area contributed by atoms with Gasteiger partial charge in [-0.3, -0.25) is 19.5 Å². The van der Waals surface area contributed by atoms with Crippen molar-refractivity contribution in [2.45, 2.75) is 31.8 Å². The van der Waals surface area contributed by atoms with Gasteiger partial charge in [0.25, 0.3) is 0 Å². The first-order valence-corrected chi connectivity index (χ1v) is 11.7. The second kappa shape index (κ2) is 9.28. The molecule has 0 radical (unpaired) electrons. The van der Waals surface area contributed by atoms with E-state index in [0.717, 1.165) is 57.5 Å². The van der Waals surface area contributed by atoms with E-state index in [1.54, 1.807) is 12.4 Å². The molecule has 4 heterocycles. The largest absolute Gasteiger partial charge is 0.365 e. The molecule has 1 N–H and O–H groups in total. The van der Waals surface area contributed by atoms with E-state index in [4.69, 9.17) is 0 Å². The molecule has 7 heteroatoms. The molecule has 2 saturated heterocycles. The number of likely N-dealkylation sites (tertiary alicyclic amines) is 1. The Balaban J connectivity index is 1.31. The smallest absolute Gasteiger partial charge is 0.236 e. The van der Waals surface area contributed by atoms with Crippen molar-refractivity contribution in [2.75, 3.05) is 44.2 Å². The van der Waals surface area contributed by atoms with Crippen LogP contribution in [0, 0.1) is 5.92 Å². The minimum Gasteiger partial charge on any atom is -0.365 e. The summed E-state index contributed by atoms with van der Waals surface area (Å²) in [5.41, 5.74) is 3.46. The van der Waals surface area contributed by atoms with Gasteiger partial charge in [-0.1, -0.05) is 24.3 Å². The van der Waals surface area contributed by atoms with Gasteiger partial charge in [0.1, 0.15) is 0 Å². The maximum atomic E-state index is 13.3. The van der Waals surface area contributed by atoms with Gasteiger partial charge in [-0.2, -0.15) is 0 Å². The van der Waals surface area contributed by atoms with Crippen LogP contribution in [0.5, 0.6) is 0 Å². The number of anilines is 1. The number of rotatable bonds is 5. The lowest BCUT2D eigenvalue weighted by molar-refractivity contribution is -0.131. The van der Waals surface area contributed by atoms with E-state index < -0.39 is 0 Å². The number of piperazine rings is 1. The average Bonchev–Trinajstić information content (AvgIpc) is 3.38. The normalized spacial score (nSPS) is 22.9. The number of hydrogen-bond donors (Lipinski definition) is 1. The molecule has 0 bridgehead atoms. The van der Waals surface area contributed by atoms with Gasteiger partial charge in [0.05, 0.1) is 18.5 Å². The molecule has 0 unspecified atom stereocenters. The van der Waals surface area contributed by atoms with Gasteiger partial charge in [0.15, 0.2) is 0 Å². The molecule has 2 amide bonds. The van der Waals surface area contributed by atoms with Crippen molar-refractivity contribution in [3.05, 3.63) is 59.9 Å². The molecule has 0 aliphatic carbocycles. The lowest BCUT2D eigenvalue weighted by Crippen LogP contribution is -2.62. The molecule has 5 rings (SSSR count). The molecule has 1 aromatic carbocycles. The van der Waals surface area contributed by atoms with E-state index in [1.807, 2.05) is 17.0 Å². The van der Waals surface area contributed by atoms with E-state index in [2.05, 4.69) is 44.4 Å². The lowest BCUT2D eigenvalue weighted by atomic mass is 9.83. The number of para-hydroxylation sites is 1. The van der Waals surface area contributed by atoms with Gasteiger partial charge >= 0.3 is 0 Å². The van der Waals surface area contributed by atoms with Crippen LogP contribution < -0.4 is 10.2 Å². The van der Waals surface area contributed by atoms with Gasteiger partial charge in [-0.15, -0.1) is 0 Å². The van der Waals surface area contributed by atoms with Gasteiger partial charge in [-0.05, 0) is 42.5 Å². The minimum atomic E-state index is -0.147. The Hall–Kier alpha value is -2.93. The summed E-state index contributed by atoms with van der Waals surface area (Å²) in [6.07, 6.45) is 6.47. The number of pyridine rings is 1. The molecular formula is C25H31N5O2. The molecule has 0 spiro atoms. The highest BCUT2D eigenvalue weighted by Crippen LogP contribution is 2.36. The van der Waals surface area contributed by atoms with Crippen molar-refractivity contribution in [3.8, 4) is 0 Å². The molecular weight excluding hydrogens is 402 g/mol. The maximum absolute atomic E-state index is 13.3. The lowest BCUT2D eigenvalue weighted by Gasteiger charge is -2.49. The number of aromatic nitrogens is 1. The zero-order valence-electron chi connectivity index (χ0n) is 18.4. The van der Waals surface area contributed by atoms with Gasteiger partial charge in [0.2, 0.25) is 11.8 Å². The fraction of sp³-hybridized carbons (Fsp3) is 0.480. The molecule has 32 heavy (non-hydrogen) atoms. The first-order valence-electron chi connectivity index (χ1n) is 11.7. The summed E-state index contributed by atoms with van der Waals surface area (Å²) < 4.78 is 0. The number of fused-ring (bicyclic) bond motifs is 3. The number of nitrogens with one attached hydrogen (secondary N) is 1. The minimum absolute atomic E-state index is 0.0685. The molecule has 7 nitrogen and oxygen atoms in total. The van der Waals surface area contributed by atoms with Crippen LogP contribution in [-0.2, 0) is 22.6 Å². The first kappa shape index (κ1) is 20.9. The molecule has 2 aromatic rings. The van der Waals surface area contributed by atoms with Crippen LogP contribution in [0.2, 0.25) is 0 Å². The Bertz CT molecular complexity index is 960. The summed E-state index contributed by atoms with van der Waals surface area (Å²) in [7, 11) is 0. The van der Waals surface area contributed by atoms with Crippen LogP contribution in [0.4, 0.5) is 5.69 Å². The highest BCUT2D eigenvalue weighted by molar-refractivity contribution is 5.82. The third-order valence-electron chi connectivity index (χ3n) is 7.05. The van der Waals surface area contributed by atoms with E-state index in [1.165, 1.54) is 11.3 Å². The van der Waals surface area contributed by atoms with E-state index in [0.29, 0.717) is 13.1 Å². The van der Waals surface area contributed by atoms with Crippen molar-refractivity contribution in [3.63, 3.8) is 0 Å². The highest BCUT2D eigenvalue weighted by Gasteiger charge is 2.41. The summed E-state index contributed by atoms with van der Waals surface area (Å²) in [6, 6.07) is 12.3. The average molecular weight is 434 g/mol. The monoisotopic (exact) mass is 433 g/mol. The summed E-state index contributed by atoms with van der Waals surface area (Å²) in [5.74, 6) is 0.155. The second-order valence-electron chi connectivity index (χ2n) is 9.10. The Kier molecular flexibility index (Phi) is 6.08. The van der Waals surface area contributed by atoms with Crippen molar-refractivity contribution in [1.82, 2.24) is 20.1 Å². The molecule has 3 aliphatic heterocycles. The first-order chi connectivity index (χ1) is 15.7. The molecule has 1 aromatic heterocycles. The summed E-state index contributed by atoms with van der Waals surface area (Å²) in [6.45, 7) is 5.11. The number of carbonyl (C=O) groups is 2. The zero-order chi connectivity index (χ0) is 21.9. The van der Waals surface area contributed by atoms with Gasteiger partial charge in [0, 0.05) is 57.3 Å². The number of nitrogens with zero attached hydrogens (tertiary/aromatic N) is 4. The fourth-order valence-corrected chi connectivity index (χ4v) is 5.34. The Morgan fingerprint density at radius 3 is 2.69 bits per heavy atom. The van der Waals surface area contributed by atoms with Crippen molar-refractivity contribution in [2.24, 2.45) is 5.92 Å². The summed E-state index contributed by atoms with van der Waals surface area (Å²) in [4.78, 5) is 36.8. The Morgan fingerprint density at radius 1 is 1.03 bits per heavy atom. The van der Waals surface area contributed by atoms with Crippen LogP contribution in [0.3, 0.4) is 0 Å². The number of benzene rings is 1. The van der Waals surface area contributed by atoms with E-state index in [9.17, 15) is 9.59 Å². The number of carbonyl (C=O) groups excluding carboxylic acids is 2. The van der Waals surface area contributed by atoms with Crippen LogP contribution in [0.15, 0.2) is 48.8 Å². The molecule has 168 valence electrons. The zero-order valence-corrected chi connectivity index (χ0v) is 18.4. The van der Waals surface area contributed by atoms with Crippen molar-refractivity contribution < 1.29 is 9.59 Å². The third kappa shape index (κ3) is 4.35. The van der Waals surface area contributed by atoms with E-state index in [-0.39, 0.29) is 23.8 Å². The highest BCUT2D eigenvalue weighted by atomic mass is 16.2. The standard InChI is InChI=1S/C25H31N5O2/c31-24(29-10-3-4-11-29)18-28-12-13-30-22-8-2-1-7-20(22)14-21(23(30)17-28)25(32)27-16-19-6-5-9-26-15-19/h1-2,5-9,15,21,23H,3-4,10-14,16-18H2,(H,27,32)/t21-,23-/m0/s1. The summed E-state index contributed by atoms with van der Waals surface area (Å²) >= 11 is 0. The number of hydrogen-bond acceptors (Lipinski definition) is 5. The van der Waals surface area contributed by atoms with Gasteiger partial charge < -0.3 is 15.1 Å². The van der Waals surface area contributed by atoms with E-state index >= 15 is 0 Å². The second-order valence-corrected chi connectivity index (χ2v) is 9.10. The molecule has 3 aliphatic rings. The Morgan fingerprint density at radius 2 is 1.88 bits per heavy atom. The predicted molar refractivity (Wildman–Crippen MR) is 123 cm³/mol. The van der Waals surface area contributed by atoms with Crippen LogP contribution >= 0.6 is 0 Å². The molecule has 2 fully saturated rings. The topological polar surface area (TPSA) is 68.8 Å². The molecule has 0 saturated carbocycles. The third-order valence-corrected chi connectivity index (χ3v) is 7.05. The van der Waals surface area contributed by atoms with Crippen LogP contribution in [-0.4, -0.2) is 71.9 Å². The van der Waals surface area contributed by atoms with Crippen molar-refractivity contribution in [1.29, 1.82) is 0 Å². The quantitative estimate of drug-likeness (QED) is 0.777. The van der Waals surface area contributed by atoms with Crippen molar-refractivity contribution >= 4 is 17.5 Å². The predicted octanol–water partition coefficient (Wildman–Crippen LogP) is 1.68. The Labute approximate surface area is 189 Å². The summed E-state index contributed by atoms with van der Waals surface area (Å²) in [5, 5.41) is 3.13. The van der Waals surface area contributed by atoms with Crippen LogP contribution in [0.1, 0.15) is 24.0 Å².